The number of rotatable bonds is 15. The van der Waals surface area contributed by atoms with Crippen molar-refractivity contribution in [1.82, 2.24) is 9.80 Å². The molecule has 2 amide bonds. The summed E-state index contributed by atoms with van der Waals surface area (Å²) >= 11 is 7.03. The Morgan fingerprint density at radius 2 is 0.889 bits per heavy atom. The predicted octanol–water partition coefficient (Wildman–Crippen LogP) is 10.3. The van der Waals surface area contributed by atoms with Crippen LogP contribution in [-0.4, -0.2) is 58.6 Å². The number of nitrogens with zero attached hydrogens (tertiary/aromatic N) is 4. The van der Waals surface area contributed by atoms with Gasteiger partial charge in [-0.1, -0.05) is 93.2 Å². The topological polar surface area (TPSA) is 83.8 Å². The highest BCUT2D eigenvalue weighted by Gasteiger charge is 2.32. The highest BCUT2D eigenvalue weighted by molar-refractivity contribution is 9.10. The Hall–Kier alpha value is -4.80. The van der Waals surface area contributed by atoms with Crippen molar-refractivity contribution >= 4 is 67.5 Å². The number of halogens is 2. The van der Waals surface area contributed by atoms with Crippen LogP contribution in [0.2, 0.25) is 0 Å². The molecular weight excluding hydrogens is 808 g/mol. The minimum atomic E-state index is -0.116. The minimum Gasteiger partial charge on any atom is -0.491 e. The monoisotopic (exact) mass is 850 g/mol. The van der Waals surface area contributed by atoms with Crippen LogP contribution < -0.4 is 9.47 Å². The van der Waals surface area contributed by atoms with Crippen LogP contribution in [-0.2, 0) is 9.59 Å². The molecule has 8 nitrogen and oxygen atoms in total. The second-order valence-electron chi connectivity index (χ2n) is 13.7. The molecule has 0 aromatic heterocycles. The van der Waals surface area contributed by atoms with E-state index in [2.05, 4.69) is 31.9 Å². The van der Waals surface area contributed by atoms with E-state index in [9.17, 15) is 9.59 Å². The molecule has 10 heteroatoms. The lowest BCUT2D eigenvalue weighted by molar-refractivity contribution is -0.123. The molecule has 0 saturated heterocycles. The maximum absolute atomic E-state index is 13.8. The molecule has 0 atom stereocenters. The Kier molecular flexibility index (Phi) is 13.0. The van der Waals surface area contributed by atoms with Gasteiger partial charge in [-0.15, -0.1) is 0 Å². The van der Waals surface area contributed by atoms with Crippen molar-refractivity contribution in [2.24, 2.45) is 9.98 Å². The number of hydrogen-bond donors (Lipinski definition) is 0. The number of carbonyl (C=O) groups is 2. The molecule has 2 aliphatic rings. The Morgan fingerprint density at radius 3 is 1.22 bits per heavy atom. The van der Waals surface area contributed by atoms with E-state index in [1.807, 2.05) is 137 Å². The van der Waals surface area contributed by atoms with Crippen molar-refractivity contribution in [3.63, 3.8) is 0 Å². The number of amidine groups is 2. The molecule has 0 fully saturated rings. The van der Waals surface area contributed by atoms with Crippen molar-refractivity contribution in [2.45, 2.75) is 65.6 Å². The number of unbranched alkanes of at least 4 members (excludes halogenated alkanes) is 3. The Bertz CT molecular complexity index is 1920. The van der Waals surface area contributed by atoms with E-state index >= 15 is 0 Å². The molecular formula is C44H44Br2N4O4. The first-order valence-electron chi connectivity index (χ1n) is 18.3. The molecule has 54 heavy (non-hydrogen) atoms. The smallest absolute Gasteiger partial charge is 0.278 e. The van der Waals surface area contributed by atoms with Gasteiger partial charge in [-0.3, -0.25) is 19.4 Å². The summed E-state index contributed by atoms with van der Waals surface area (Å²) in [5, 5.41) is 0. The first-order chi connectivity index (χ1) is 26.0. The molecule has 0 N–H and O–H groups in total. The highest BCUT2D eigenvalue weighted by Crippen LogP contribution is 2.27. The summed E-state index contributed by atoms with van der Waals surface area (Å²) in [6.07, 6.45) is 7.17. The van der Waals surface area contributed by atoms with Crippen LogP contribution in [0.3, 0.4) is 0 Å². The van der Waals surface area contributed by atoms with Crippen molar-refractivity contribution in [3.8, 4) is 11.5 Å². The normalized spacial score (nSPS) is 15.9. The maximum Gasteiger partial charge on any atom is 0.278 e. The Balaban J connectivity index is 1.09. The minimum absolute atomic E-state index is 0.0817. The SMILES string of the molecule is CC(C)Oc1ccc(C=C2N=C(c3ccc(Br)cc3)N(CCCCCCN3C(=O)C(=Cc4ccc(OC(C)C)cc4)N=C3c3ccc(Br)cc3)C2=O)cc1. The summed E-state index contributed by atoms with van der Waals surface area (Å²) in [6, 6.07) is 31.1. The van der Waals surface area contributed by atoms with Gasteiger partial charge in [0.25, 0.3) is 11.8 Å². The molecule has 4 aromatic rings. The molecule has 0 radical (unpaired) electrons. The third-order valence-electron chi connectivity index (χ3n) is 8.72. The number of benzene rings is 4. The van der Waals surface area contributed by atoms with E-state index < -0.39 is 0 Å². The largest absolute Gasteiger partial charge is 0.491 e. The lowest BCUT2D eigenvalue weighted by Gasteiger charge is -2.20. The number of amides is 2. The van der Waals surface area contributed by atoms with E-state index in [0.29, 0.717) is 36.2 Å². The first kappa shape index (κ1) is 38.9. The lowest BCUT2D eigenvalue weighted by Crippen LogP contribution is -2.34. The molecule has 0 bridgehead atoms. The molecule has 0 saturated carbocycles. The fraction of sp³-hybridized carbons (Fsp3) is 0.273. The second kappa shape index (κ2) is 18.0. The molecule has 2 aliphatic heterocycles. The molecule has 278 valence electrons. The zero-order valence-corrected chi connectivity index (χ0v) is 34.1. The van der Waals surface area contributed by atoms with Gasteiger partial charge < -0.3 is 9.47 Å². The molecule has 0 unspecified atom stereocenters. The van der Waals surface area contributed by atoms with Crippen LogP contribution in [0.4, 0.5) is 0 Å². The summed E-state index contributed by atoms with van der Waals surface area (Å²) in [7, 11) is 0. The van der Waals surface area contributed by atoms with Crippen LogP contribution >= 0.6 is 31.9 Å². The van der Waals surface area contributed by atoms with Crippen molar-refractivity contribution in [1.29, 1.82) is 0 Å². The summed E-state index contributed by atoms with van der Waals surface area (Å²) in [5.41, 5.74) is 4.33. The zero-order valence-electron chi connectivity index (χ0n) is 31.0. The van der Waals surface area contributed by atoms with Gasteiger partial charge in [0.1, 0.15) is 34.6 Å². The van der Waals surface area contributed by atoms with E-state index in [4.69, 9.17) is 19.5 Å². The maximum atomic E-state index is 13.8. The van der Waals surface area contributed by atoms with Crippen molar-refractivity contribution in [2.75, 3.05) is 13.1 Å². The van der Waals surface area contributed by atoms with Gasteiger partial charge >= 0.3 is 0 Å². The van der Waals surface area contributed by atoms with Crippen LogP contribution in [0, 0.1) is 0 Å². The van der Waals surface area contributed by atoms with Gasteiger partial charge in [0.05, 0.1) is 12.2 Å². The Morgan fingerprint density at radius 1 is 0.537 bits per heavy atom. The van der Waals surface area contributed by atoms with Crippen molar-refractivity contribution in [3.05, 3.63) is 140 Å². The van der Waals surface area contributed by atoms with Gasteiger partial charge in [-0.05, 0) is 112 Å². The molecule has 2 heterocycles. The van der Waals surface area contributed by atoms with Gasteiger partial charge in [0.2, 0.25) is 0 Å². The molecule has 6 rings (SSSR count). The lowest BCUT2D eigenvalue weighted by atomic mass is 10.1. The van der Waals surface area contributed by atoms with E-state index in [-0.39, 0.29) is 24.0 Å². The number of aliphatic imine (C=N–C) groups is 2. The summed E-state index contributed by atoms with van der Waals surface area (Å²) < 4.78 is 13.5. The van der Waals surface area contributed by atoms with Gasteiger partial charge in [-0.2, -0.15) is 0 Å². The molecule has 0 spiro atoms. The zero-order chi connectivity index (χ0) is 38.2. The van der Waals surface area contributed by atoms with Crippen LogP contribution in [0.5, 0.6) is 11.5 Å². The quantitative estimate of drug-likeness (QED) is 0.0881. The fourth-order valence-corrected chi connectivity index (χ4v) is 6.72. The Labute approximate surface area is 334 Å². The van der Waals surface area contributed by atoms with E-state index in [0.717, 1.165) is 68.4 Å². The van der Waals surface area contributed by atoms with Gasteiger partial charge in [0, 0.05) is 33.2 Å². The summed E-state index contributed by atoms with van der Waals surface area (Å²) in [5.74, 6) is 2.64. The van der Waals surface area contributed by atoms with Gasteiger partial charge in [-0.25, -0.2) is 9.98 Å². The number of ether oxygens (including phenoxy) is 2. The summed E-state index contributed by atoms with van der Waals surface area (Å²) in [6.45, 7) is 9.03. The highest BCUT2D eigenvalue weighted by atomic mass is 79.9. The first-order valence-corrected chi connectivity index (χ1v) is 19.9. The standard InChI is InChI=1S/C44H44Br2N4O4/c1-29(2)53-37-21-9-31(10-22-37)27-39-43(51)49(41(47-39)33-13-17-35(45)18-14-33)25-7-5-6-8-26-50-42(34-15-19-36(46)20-16-34)48-40(44(50)52)28-32-11-23-38(24-12-32)54-30(3)4/h9-24,27-30H,5-8,25-26H2,1-4H3. The van der Waals surface area contributed by atoms with Crippen LogP contribution in [0.1, 0.15) is 75.6 Å². The summed E-state index contributed by atoms with van der Waals surface area (Å²) in [4.78, 5) is 40.7. The fourth-order valence-electron chi connectivity index (χ4n) is 6.19. The number of carbonyl (C=O) groups excluding carboxylic acids is 2. The van der Waals surface area contributed by atoms with Gasteiger partial charge in [0.15, 0.2) is 0 Å². The van der Waals surface area contributed by atoms with Crippen LogP contribution in [0.15, 0.2) is 127 Å². The van der Waals surface area contributed by atoms with Crippen molar-refractivity contribution < 1.29 is 19.1 Å². The predicted molar refractivity (Wildman–Crippen MR) is 224 cm³/mol. The molecule has 4 aromatic carbocycles. The third kappa shape index (κ3) is 10.0. The van der Waals surface area contributed by atoms with Crippen LogP contribution in [0.25, 0.3) is 12.2 Å². The average molecular weight is 853 g/mol. The second-order valence-corrected chi connectivity index (χ2v) is 15.6. The average Bonchev–Trinajstić information content (AvgIpc) is 3.62. The van der Waals surface area contributed by atoms with E-state index in [1.54, 1.807) is 9.80 Å². The third-order valence-corrected chi connectivity index (χ3v) is 9.78. The molecule has 0 aliphatic carbocycles. The van der Waals surface area contributed by atoms with E-state index in [1.165, 1.54) is 0 Å². The number of hydrogen-bond acceptors (Lipinski definition) is 6.